The summed E-state index contributed by atoms with van der Waals surface area (Å²) in [4.78, 5) is 28.6. The van der Waals surface area contributed by atoms with E-state index in [1.54, 1.807) is 58.0 Å². The normalized spacial score (nSPS) is 14.6. The average molecular weight is 539 g/mol. The molecule has 0 spiro atoms. The fraction of sp³-hybridized carbons (Fsp3) is 0.161. The maximum atomic E-state index is 13.8. The zero-order chi connectivity index (χ0) is 27.4. The minimum Gasteiger partial charge on any atom is -0.507 e. The third-order valence-corrected chi connectivity index (χ3v) is 7.96. The van der Waals surface area contributed by atoms with Crippen molar-refractivity contribution in [3.8, 4) is 5.75 Å². The fourth-order valence-corrected chi connectivity index (χ4v) is 5.89. The second-order valence-corrected chi connectivity index (χ2v) is 10.3. The van der Waals surface area contributed by atoms with Gasteiger partial charge < -0.3 is 25.6 Å². The highest BCUT2D eigenvalue weighted by Crippen LogP contribution is 2.46. The van der Waals surface area contributed by atoms with E-state index in [2.05, 4.69) is 5.32 Å². The van der Waals surface area contributed by atoms with Crippen LogP contribution in [0.4, 0.5) is 17.1 Å². The number of carbonyl (C=O) groups excluding carboxylic acids is 2. The number of rotatable bonds is 4. The van der Waals surface area contributed by atoms with Crippen molar-refractivity contribution in [3.05, 3.63) is 95.2 Å². The number of nitrogens with one attached hydrogen (secondary N) is 1. The van der Waals surface area contributed by atoms with Crippen LogP contribution in [0.1, 0.15) is 37.9 Å². The number of anilines is 3. The Bertz CT molecular complexity index is 1790. The van der Waals surface area contributed by atoms with E-state index in [0.717, 1.165) is 32.8 Å². The smallest absolute Gasteiger partial charge is 0.272 e. The number of nitrogens with two attached hydrogens (primary N) is 1. The molecule has 196 valence electrons. The van der Waals surface area contributed by atoms with Crippen LogP contribution in [0.25, 0.3) is 21.7 Å². The molecule has 1 aromatic heterocycles. The molecule has 5 aromatic rings. The van der Waals surface area contributed by atoms with E-state index in [1.165, 1.54) is 0 Å². The van der Waals surface area contributed by atoms with Gasteiger partial charge in [-0.2, -0.15) is 0 Å². The first kappa shape index (κ1) is 24.8. The van der Waals surface area contributed by atoms with Crippen molar-refractivity contribution >= 4 is 62.2 Å². The molecular formula is C31H27ClN4O3. The quantitative estimate of drug-likeness (QED) is 0.188. The molecule has 4 N–H and O–H groups in total. The number of fused-ring (bicyclic) bond motifs is 4. The highest BCUT2D eigenvalue weighted by Gasteiger charge is 2.35. The van der Waals surface area contributed by atoms with E-state index in [9.17, 15) is 14.7 Å². The van der Waals surface area contributed by atoms with Gasteiger partial charge in [0, 0.05) is 64.7 Å². The van der Waals surface area contributed by atoms with Crippen molar-refractivity contribution in [2.45, 2.75) is 12.8 Å². The van der Waals surface area contributed by atoms with Crippen LogP contribution in [0, 0.1) is 6.92 Å². The van der Waals surface area contributed by atoms with Crippen LogP contribution in [-0.2, 0) is 7.05 Å². The summed E-state index contributed by atoms with van der Waals surface area (Å²) >= 11 is 6.39. The van der Waals surface area contributed by atoms with Crippen LogP contribution >= 0.6 is 11.6 Å². The molecule has 1 aliphatic heterocycles. The molecule has 0 saturated carbocycles. The predicted octanol–water partition coefficient (Wildman–Crippen LogP) is 6.16. The van der Waals surface area contributed by atoms with Crippen LogP contribution in [0.2, 0.25) is 0 Å². The van der Waals surface area contributed by atoms with Gasteiger partial charge in [-0.05, 0) is 72.0 Å². The Morgan fingerprint density at radius 1 is 1.08 bits per heavy atom. The number of nitrogen functional groups attached to an aromatic ring is 1. The summed E-state index contributed by atoms with van der Waals surface area (Å²) in [6.45, 7) is 2.43. The molecule has 0 fully saturated rings. The zero-order valence-electron chi connectivity index (χ0n) is 21.5. The van der Waals surface area contributed by atoms with E-state index in [-0.39, 0.29) is 23.5 Å². The molecular weight excluding hydrogens is 512 g/mol. The largest absolute Gasteiger partial charge is 0.507 e. The predicted molar refractivity (Wildman–Crippen MR) is 157 cm³/mol. The first-order chi connectivity index (χ1) is 18.8. The molecule has 2 heterocycles. The van der Waals surface area contributed by atoms with Gasteiger partial charge in [0.15, 0.2) is 0 Å². The first-order valence-corrected chi connectivity index (χ1v) is 13.2. The van der Waals surface area contributed by atoms with Crippen molar-refractivity contribution in [1.82, 2.24) is 4.57 Å². The van der Waals surface area contributed by atoms with Crippen LogP contribution in [0.5, 0.6) is 5.75 Å². The molecule has 0 aliphatic carbocycles. The number of alkyl halides is 1. The Morgan fingerprint density at radius 2 is 1.85 bits per heavy atom. The zero-order valence-corrected chi connectivity index (χ0v) is 22.3. The number of hydrogen-bond donors (Lipinski definition) is 3. The van der Waals surface area contributed by atoms with Crippen LogP contribution in [0.3, 0.4) is 0 Å². The van der Waals surface area contributed by atoms with Crippen molar-refractivity contribution in [3.63, 3.8) is 0 Å². The second kappa shape index (κ2) is 9.36. The highest BCUT2D eigenvalue weighted by molar-refractivity contribution is 6.19. The van der Waals surface area contributed by atoms with E-state index in [0.29, 0.717) is 40.7 Å². The molecule has 0 saturated heterocycles. The van der Waals surface area contributed by atoms with E-state index >= 15 is 0 Å². The summed E-state index contributed by atoms with van der Waals surface area (Å²) in [7, 11) is 1.82. The summed E-state index contributed by atoms with van der Waals surface area (Å²) < 4.78 is 1.80. The van der Waals surface area contributed by atoms with Gasteiger partial charge in [-0.3, -0.25) is 9.59 Å². The first-order valence-electron chi connectivity index (χ1n) is 12.7. The van der Waals surface area contributed by atoms with Crippen LogP contribution in [-0.4, -0.2) is 33.9 Å². The molecule has 2 amide bonds. The van der Waals surface area contributed by atoms with E-state index < -0.39 is 0 Å². The van der Waals surface area contributed by atoms with E-state index in [1.807, 2.05) is 38.2 Å². The third-order valence-electron chi connectivity index (χ3n) is 7.59. The Morgan fingerprint density at radius 3 is 2.59 bits per heavy atom. The van der Waals surface area contributed by atoms with Gasteiger partial charge >= 0.3 is 0 Å². The van der Waals surface area contributed by atoms with Crippen molar-refractivity contribution in [1.29, 1.82) is 0 Å². The number of phenolic OH excluding ortho intramolecular Hbond substituents is 1. The van der Waals surface area contributed by atoms with Gasteiger partial charge in [-0.1, -0.05) is 18.2 Å². The Balaban J connectivity index is 1.36. The number of hydrogen-bond acceptors (Lipinski definition) is 4. The van der Waals surface area contributed by atoms with Crippen molar-refractivity contribution in [2.75, 3.05) is 28.4 Å². The summed E-state index contributed by atoms with van der Waals surface area (Å²) in [5.74, 6) is -0.0122. The summed E-state index contributed by atoms with van der Waals surface area (Å²) in [6.07, 6.45) is 0. The van der Waals surface area contributed by atoms with Crippen LogP contribution in [0.15, 0.2) is 72.8 Å². The van der Waals surface area contributed by atoms with Gasteiger partial charge in [0.2, 0.25) is 0 Å². The lowest BCUT2D eigenvalue weighted by Gasteiger charge is -2.19. The number of carbonyl (C=O) groups is 2. The van der Waals surface area contributed by atoms with Gasteiger partial charge in [0.25, 0.3) is 11.8 Å². The third kappa shape index (κ3) is 4.06. The highest BCUT2D eigenvalue weighted by atomic mass is 35.5. The lowest BCUT2D eigenvalue weighted by molar-refractivity contribution is 0.0986. The molecule has 7 nitrogen and oxygen atoms in total. The van der Waals surface area contributed by atoms with Gasteiger partial charge in [0.05, 0.1) is 5.69 Å². The maximum Gasteiger partial charge on any atom is 0.272 e. The average Bonchev–Trinajstić information content (AvgIpc) is 3.47. The molecule has 8 heteroatoms. The topological polar surface area (TPSA) is 101 Å². The molecule has 0 bridgehead atoms. The lowest BCUT2D eigenvalue weighted by Crippen LogP contribution is -2.30. The SMILES string of the molecule is Cc1cccc2c(O)cc3c(c12)[C@H](CCl)CN3C(=O)c1ccc2c(c1)cc(C(=O)Nc1ccc(N)cc1)n2C. The summed E-state index contributed by atoms with van der Waals surface area (Å²) in [5.41, 5.74) is 11.5. The van der Waals surface area contributed by atoms with Crippen LogP contribution < -0.4 is 16.0 Å². The number of aryl methyl sites for hydroxylation is 2. The number of nitrogens with zero attached hydrogens (tertiary/aromatic N) is 2. The number of benzene rings is 4. The molecule has 1 atom stereocenters. The van der Waals surface area contributed by atoms with Crippen molar-refractivity contribution < 1.29 is 14.7 Å². The molecule has 0 unspecified atom stereocenters. The molecule has 6 rings (SSSR count). The number of phenols is 1. The van der Waals surface area contributed by atoms with Crippen molar-refractivity contribution in [2.24, 2.45) is 7.05 Å². The molecule has 39 heavy (non-hydrogen) atoms. The monoisotopic (exact) mass is 538 g/mol. The van der Waals surface area contributed by atoms with Gasteiger partial charge in [-0.25, -0.2) is 0 Å². The number of aromatic nitrogens is 1. The summed E-state index contributed by atoms with van der Waals surface area (Å²) in [5, 5.41) is 16.2. The van der Waals surface area contributed by atoms with Gasteiger partial charge in [-0.15, -0.1) is 11.6 Å². The van der Waals surface area contributed by atoms with Gasteiger partial charge in [0.1, 0.15) is 11.4 Å². The number of aromatic hydroxyl groups is 1. The number of amides is 2. The Hall–Kier alpha value is -4.49. The molecule has 1 aliphatic rings. The fourth-order valence-electron chi connectivity index (χ4n) is 5.63. The summed E-state index contributed by atoms with van der Waals surface area (Å²) in [6, 6.07) is 21.6. The Kier molecular flexibility index (Phi) is 5.96. The minimum atomic E-state index is -0.262. The minimum absolute atomic E-state index is 0.0566. The number of halogens is 1. The molecule has 4 aromatic carbocycles. The Labute approximate surface area is 230 Å². The second-order valence-electron chi connectivity index (χ2n) is 10.0. The standard InChI is InChI=1S/C31H27ClN4O3/c1-17-4-3-5-23-27(37)14-25-29(28(17)23)20(15-32)16-36(25)31(39)18-6-11-24-19(12-18)13-26(35(24)2)30(38)34-22-9-7-21(33)8-10-22/h3-14,20,37H,15-16,33H2,1-2H3,(H,34,38)/t20-/m1/s1. The van der Waals surface area contributed by atoms with E-state index in [4.69, 9.17) is 17.3 Å². The molecule has 0 radical (unpaired) electrons. The maximum absolute atomic E-state index is 13.8. The lowest BCUT2D eigenvalue weighted by atomic mass is 9.92.